The van der Waals surface area contributed by atoms with Gasteiger partial charge in [0, 0.05) is 37.9 Å². The van der Waals surface area contributed by atoms with Crippen LogP contribution in [0, 0.1) is 5.82 Å². The minimum absolute atomic E-state index is 0.0415. The van der Waals surface area contributed by atoms with Gasteiger partial charge in [0.25, 0.3) is 0 Å². The molecular formula is C20H23FN2O. The molecule has 0 amide bonds. The molecule has 1 aromatic heterocycles. The lowest BCUT2D eigenvalue weighted by Crippen LogP contribution is -2.43. The molecular weight excluding hydrogens is 303 g/mol. The zero-order chi connectivity index (χ0) is 16.4. The second kappa shape index (κ2) is 6.61. The van der Waals surface area contributed by atoms with E-state index in [0.717, 1.165) is 45.5 Å². The first kappa shape index (κ1) is 15.7. The number of rotatable bonds is 3. The molecule has 4 rings (SSSR count). The number of benzene rings is 1. The fourth-order valence-corrected chi connectivity index (χ4v) is 3.99. The Labute approximate surface area is 142 Å². The summed E-state index contributed by atoms with van der Waals surface area (Å²) in [7, 11) is 0. The van der Waals surface area contributed by atoms with E-state index in [1.807, 2.05) is 30.6 Å². The van der Waals surface area contributed by atoms with E-state index in [1.165, 1.54) is 11.1 Å². The van der Waals surface area contributed by atoms with Gasteiger partial charge in [-0.25, -0.2) is 4.39 Å². The first-order chi connectivity index (χ1) is 11.7. The van der Waals surface area contributed by atoms with E-state index in [-0.39, 0.29) is 11.4 Å². The van der Waals surface area contributed by atoms with Gasteiger partial charge in [0.05, 0.1) is 12.2 Å². The monoisotopic (exact) mass is 326 g/mol. The van der Waals surface area contributed by atoms with Gasteiger partial charge in [0.2, 0.25) is 0 Å². The van der Waals surface area contributed by atoms with E-state index in [4.69, 9.17) is 4.74 Å². The Morgan fingerprint density at radius 2 is 1.96 bits per heavy atom. The molecule has 3 nitrogen and oxygen atoms in total. The van der Waals surface area contributed by atoms with E-state index in [2.05, 4.69) is 16.0 Å². The molecule has 0 saturated carbocycles. The molecule has 126 valence electrons. The first-order valence-corrected chi connectivity index (χ1v) is 8.73. The number of likely N-dealkylation sites (tertiary alicyclic amines) is 1. The zero-order valence-electron chi connectivity index (χ0n) is 13.8. The third-order valence-electron chi connectivity index (χ3n) is 5.45. The summed E-state index contributed by atoms with van der Waals surface area (Å²) in [4.78, 5) is 6.68. The van der Waals surface area contributed by atoms with E-state index in [9.17, 15) is 4.39 Å². The molecule has 3 heterocycles. The van der Waals surface area contributed by atoms with Crippen LogP contribution in [-0.2, 0) is 11.3 Å². The van der Waals surface area contributed by atoms with Gasteiger partial charge in [-0.3, -0.25) is 9.88 Å². The van der Waals surface area contributed by atoms with Crippen molar-refractivity contribution in [3.63, 3.8) is 0 Å². The average Bonchev–Trinajstić information content (AvgIpc) is 3.04. The molecule has 0 aliphatic carbocycles. The number of hydrogen-bond acceptors (Lipinski definition) is 3. The SMILES string of the molecule is Fc1ccc(CN2CCC3(CC2)C[C@@H](c2cccnc2)CO3)cc1. The Balaban J connectivity index is 1.34. The molecule has 0 N–H and O–H groups in total. The van der Waals surface area contributed by atoms with Crippen molar-refractivity contribution in [3.05, 3.63) is 65.7 Å². The second-order valence-electron chi connectivity index (χ2n) is 7.08. The maximum Gasteiger partial charge on any atom is 0.123 e. The van der Waals surface area contributed by atoms with Gasteiger partial charge in [0.1, 0.15) is 5.82 Å². The number of hydrogen-bond donors (Lipinski definition) is 0. The fourth-order valence-electron chi connectivity index (χ4n) is 3.99. The van der Waals surface area contributed by atoms with Crippen LogP contribution in [0.1, 0.15) is 36.3 Å². The molecule has 24 heavy (non-hydrogen) atoms. The summed E-state index contributed by atoms with van der Waals surface area (Å²) >= 11 is 0. The van der Waals surface area contributed by atoms with Crippen LogP contribution >= 0.6 is 0 Å². The third-order valence-corrected chi connectivity index (χ3v) is 5.45. The van der Waals surface area contributed by atoms with Gasteiger partial charge >= 0.3 is 0 Å². The van der Waals surface area contributed by atoms with Gasteiger partial charge in [-0.15, -0.1) is 0 Å². The minimum atomic E-state index is -0.169. The Kier molecular flexibility index (Phi) is 4.33. The van der Waals surface area contributed by atoms with Crippen LogP contribution in [0.2, 0.25) is 0 Å². The number of piperidine rings is 1. The lowest BCUT2D eigenvalue weighted by atomic mass is 9.83. The van der Waals surface area contributed by atoms with Crippen molar-refractivity contribution in [2.75, 3.05) is 19.7 Å². The molecule has 2 fully saturated rings. The Morgan fingerprint density at radius 3 is 2.67 bits per heavy atom. The van der Waals surface area contributed by atoms with Crippen LogP contribution in [0.25, 0.3) is 0 Å². The predicted octanol–water partition coefficient (Wildman–Crippen LogP) is 3.76. The van der Waals surface area contributed by atoms with Crippen molar-refractivity contribution in [3.8, 4) is 0 Å². The average molecular weight is 326 g/mol. The highest BCUT2D eigenvalue weighted by atomic mass is 19.1. The lowest BCUT2D eigenvalue weighted by molar-refractivity contribution is -0.0448. The van der Waals surface area contributed by atoms with Gasteiger partial charge in [-0.2, -0.15) is 0 Å². The molecule has 1 atom stereocenters. The van der Waals surface area contributed by atoms with Crippen LogP contribution in [-0.4, -0.2) is 35.2 Å². The number of nitrogens with zero attached hydrogens (tertiary/aromatic N) is 2. The molecule has 2 saturated heterocycles. The molecule has 2 aliphatic rings. The zero-order valence-corrected chi connectivity index (χ0v) is 13.8. The van der Waals surface area contributed by atoms with E-state index < -0.39 is 0 Å². The highest BCUT2D eigenvalue weighted by Crippen LogP contribution is 2.42. The molecule has 1 aromatic carbocycles. The third kappa shape index (κ3) is 3.35. The molecule has 0 unspecified atom stereocenters. The van der Waals surface area contributed by atoms with Gasteiger partial charge in [-0.1, -0.05) is 18.2 Å². The number of halogens is 1. The van der Waals surface area contributed by atoms with E-state index in [0.29, 0.717) is 5.92 Å². The Morgan fingerprint density at radius 1 is 1.17 bits per heavy atom. The second-order valence-corrected chi connectivity index (χ2v) is 7.08. The van der Waals surface area contributed by atoms with Crippen molar-refractivity contribution in [1.82, 2.24) is 9.88 Å². The highest BCUT2D eigenvalue weighted by molar-refractivity contribution is 5.19. The minimum Gasteiger partial charge on any atom is -0.374 e. The van der Waals surface area contributed by atoms with Crippen molar-refractivity contribution < 1.29 is 9.13 Å². The van der Waals surface area contributed by atoms with E-state index >= 15 is 0 Å². The van der Waals surface area contributed by atoms with Crippen LogP contribution in [0.5, 0.6) is 0 Å². The van der Waals surface area contributed by atoms with Crippen LogP contribution in [0.3, 0.4) is 0 Å². The van der Waals surface area contributed by atoms with Gasteiger partial charge in [-0.05, 0) is 48.6 Å². The fraction of sp³-hybridized carbons (Fsp3) is 0.450. The summed E-state index contributed by atoms with van der Waals surface area (Å²) in [6.07, 6.45) is 7.04. The summed E-state index contributed by atoms with van der Waals surface area (Å²) < 4.78 is 19.3. The van der Waals surface area contributed by atoms with Gasteiger partial charge in [0.15, 0.2) is 0 Å². The van der Waals surface area contributed by atoms with Crippen LogP contribution in [0.15, 0.2) is 48.8 Å². The standard InChI is InChI=1S/C20H23FN2O/c21-19-5-3-16(4-6-19)14-23-10-7-20(8-11-23)12-18(15-24-20)17-2-1-9-22-13-17/h1-6,9,13,18H,7-8,10-12,14-15H2/t18-/m1/s1. The Hall–Kier alpha value is -1.78. The summed E-state index contributed by atoms with van der Waals surface area (Å²) in [6.45, 7) is 3.78. The largest absolute Gasteiger partial charge is 0.374 e. The maximum atomic E-state index is 13.0. The maximum absolute atomic E-state index is 13.0. The summed E-state index contributed by atoms with van der Waals surface area (Å²) in [5.41, 5.74) is 2.51. The molecule has 4 heteroatoms. The molecule has 0 bridgehead atoms. The number of pyridine rings is 1. The number of aromatic nitrogens is 1. The van der Waals surface area contributed by atoms with Crippen LogP contribution in [0.4, 0.5) is 4.39 Å². The van der Waals surface area contributed by atoms with Crippen molar-refractivity contribution in [2.45, 2.75) is 37.3 Å². The highest BCUT2D eigenvalue weighted by Gasteiger charge is 2.42. The summed E-state index contributed by atoms with van der Waals surface area (Å²) in [5, 5.41) is 0. The van der Waals surface area contributed by atoms with Crippen LogP contribution < -0.4 is 0 Å². The van der Waals surface area contributed by atoms with Crippen molar-refractivity contribution in [1.29, 1.82) is 0 Å². The smallest absolute Gasteiger partial charge is 0.123 e. The normalized spacial score (nSPS) is 23.6. The molecule has 2 aromatic rings. The molecule has 0 radical (unpaired) electrons. The molecule has 2 aliphatic heterocycles. The quantitative estimate of drug-likeness (QED) is 0.859. The topological polar surface area (TPSA) is 25.4 Å². The summed E-state index contributed by atoms with van der Waals surface area (Å²) in [6, 6.07) is 11.0. The van der Waals surface area contributed by atoms with Crippen molar-refractivity contribution in [2.24, 2.45) is 0 Å². The summed E-state index contributed by atoms with van der Waals surface area (Å²) in [5.74, 6) is 0.305. The van der Waals surface area contributed by atoms with Crippen molar-refractivity contribution >= 4 is 0 Å². The lowest BCUT2D eigenvalue weighted by Gasteiger charge is -2.38. The van der Waals surface area contributed by atoms with Gasteiger partial charge < -0.3 is 4.74 Å². The predicted molar refractivity (Wildman–Crippen MR) is 91.2 cm³/mol. The van der Waals surface area contributed by atoms with E-state index in [1.54, 1.807) is 12.1 Å². The number of ether oxygens (including phenoxy) is 1. The Bertz CT molecular complexity index is 666. The first-order valence-electron chi connectivity index (χ1n) is 8.73. The molecule has 1 spiro atoms.